The van der Waals surface area contributed by atoms with E-state index in [4.69, 9.17) is 4.74 Å². The molecule has 2 aromatic rings. The zero-order valence-electron chi connectivity index (χ0n) is 11.8. The van der Waals surface area contributed by atoms with Crippen molar-refractivity contribution in [3.63, 3.8) is 0 Å². The number of methoxy groups -OCH3 is 1. The monoisotopic (exact) mass is 306 g/mol. The van der Waals surface area contributed by atoms with Crippen molar-refractivity contribution in [3.05, 3.63) is 40.0 Å². The molecular weight excluding hydrogens is 292 g/mol. The van der Waals surface area contributed by atoms with E-state index in [2.05, 4.69) is 10.3 Å². The van der Waals surface area contributed by atoms with Crippen molar-refractivity contribution < 1.29 is 19.4 Å². The van der Waals surface area contributed by atoms with Gasteiger partial charge in [-0.15, -0.1) is 11.3 Å². The summed E-state index contributed by atoms with van der Waals surface area (Å²) in [6.07, 6.45) is 2.90. The molecule has 2 N–H and O–H groups in total. The fourth-order valence-electron chi connectivity index (χ4n) is 1.87. The summed E-state index contributed by atoms with van der Waals surface area (Å²) in [6.45, 7) is 3.53. The van der Waals surface area contributed by atoms with E-state index < -0.39 is 11.9 Å². The highest BCUT2D eigenvalue weighted by atomic mass is 32.1. The summed E-state index contributed by atoms with van der Waals surface area (Å²) >= 11 is 1.24. The number of anilines is 1. The van der Waals surface area contributed by atoms with E-state index >= 15 is 0 Å². The largest absolute Gasteiger partial charge is 0.494 e. The van der Waals surface area contributed by atoms with E-state index in [1.54, 1.807) is 6.92 Å². The summed E-state index contributed by atoms with van der Waals surface area (Å²) in [6, 6.07) is 1.52. The Bertz CT molecular complexity index is 709. The summed E-state index contributed by atoms with van der Waals surface area (Å²) in [5, 5.41) is 12.2. The molecule has 0 saturated carbocycles. The Labute approximate surface area is 125 Å². The van der Waals surface area contributed by atoms with Gasteiger partial charge in [0.15, 0.2) is 0 Å². The third-order valence-corrected chi connectivity index (χ3v) is 4.20. The minimum absolute atomic E-state index is 0.124. The van der Waals surface area contributed by atoms with Crippen LogP contribution in [0.1, 0.15) is 31.2 Å². The summed E-state index contributed by atoms with van der Waals surface area (Å²) in [5.41, 5.74) is 1.08. The van der Waals surface area contributed by atoms with Crippen LogP contribution in [0.5, 0.6) is 5.75 Å². The van der Waals surface area contributed by atoms with E-state index in [-0.39, 0.29) is 5.56 Å². The number of hydrogen-bond acceptors (Lipinski definition) is 5. The molecular formula is C14H14N2O4S. The molecule has 0 aliphatic carbocycles. The molecule has 0 radical (unpaired) electrons. The Kier molecular flexibility index (Phi) is 4.23. The minimum atomic E-state index is -1.06. The van der Waals surface area contributed by atoms with Gasteiger partial charge in [-0.3, -0.25) is 9.78 Å². The molecule has 7 heteroatoms. The number of amides is 1. The van der Waals surface area contributed by atoms with Crippen molar-refractivity contribution >= 4 is 28.2 Å². The van der Waals surface area contributed by atoms with Crippen molar-refractivity contribution in [2.75, 3.05) is 12.4 Å². The number of nitrogens with zero attached hydrogens (tertiary/aromatic N) is 1. The zero-order valence-corrected chi connectivity index (χ0v) is 12.6. The van der Waals surface area contributed by atoms with Crippen molar-refractivity contribution in [1.82, 2.24) is 4.98 Å². The molecule has 2 aromatic heterocycles. The van der Waals surface area contributed by atoms with Crippen LogP contribution in [0.25, 0.3) is 0 Å². The number of rotatable bonds is 4. The maximum absolute atomic E-state index is 12.3. The van der Waals surface area contributed by atoms with Gasteiger partial charge in [-0.2, -0.15) is 0 Å². The molecule has 0 aliphatic heterocycles. The average Bonchev–Trinajstić information content (AvgIpc) is 2.73. The predicted octanol–water partition coefficient (Wildman–Crippen LogP) is 2.72. The number of carbonyl (C=O) groups excluding carboxylic acids is 1. The molecule has 0 atom stereocenters. The number of aromatic carboxylic acids is 1. The number of thiophene rings is 1. The maximum Gasteiger partial charge on any atom is 0.338 e. The van der Waals surface area contributed by atoms with Crippen LogP contribution >= 0.6 is 11.3 Å². The summed E-state index contributed by atoms with van der Waals surface area (Å²) in [7, 11) is 1.44. The SMILES string of the molecule is COc1cnccc1C(=O)Nc1sc(C)c(C)c1C(=O)O. The molecule has 110 valence electrons. The minimum Gasteiger partial charge on any atom is -0.494 e. The molecule has 21 heavy (non-hydrogen) atoms. The Hall–Kier alpha value is -2.41. The maximum atomic E-state index is 12.3. The second-order valence-electron chi connectivity index (χ2n) is 4.32. The molecule has 0 aliphatic rings. The number of carbonyl (C=O) groups is 2. The number of hydrogen-bond donors (Lipinski definition) is 2. The first-order chi connectivity index (χ1) is 9.95. The lowest BCUT2D eigenvalue weighted by Crippen LogP contribution is -2.14. The quantitative estimate of drug-likeness (QED) is 0.906. The second-order valence-corrected chi connectivity index (χ2v) is 5.55. The zero-order chi connectivity index (χ0) is 15.6. The van der Waals surface area contributed by atoms with Crippen LogP contribution in [-0.4, -0.2) is 29.1 Å². The number of pyridine rings is 1. The Balaban J connectivity index is 2.36. The van der Waals surface area contributed by atoms with Crippen LogP contribution in [0, 0.1) is 13.8 Å². The Morgan fingerprint density at radius 1 is 1.38 bits per heavy atom. The van der Waals surface area contributed by atoms with Gasteiger partial charge in [0.05, 0.1) is 24.4 Å². The number of aryl methyl sites for hydroxylation is 1. The van der Waals surface area contributed by atoms with E-state index in [1.165, 1.54) is 36.9 Å². The standard InChI is InChI=1S/C14H14N2O4S/c1-7-8(2)21-13(11(7)14(18)19)16-12(17)9-4-5-15-6-10(9)20-3/h4-6H,1-3H3,(H,16,17)(H,18,19). The predicted molar refractivity (Wildman–Crippen MR) is 79.5 cm³/mol. The smallest absolute Gasteiger partial charge is 0.338 e. The first-order valence-corrected chi connectivity index (χ1v) is 6.90. The normalized spacial score (nSPS) is 10.2. The van der Waals surface area contributed by atoms with Crippen LogP contribution in [-0.2, 0) is 0 Å². The van der Waals surface area contributed by atoms with Gasteiger partial charge >= 0.3 is 5.97 Å². The highest BCUT2D eigenvalue weighted by Gasteiger charge is 2.21. The van der Waals surface area contributed by atoms with Gasteiger partial charge in [0.2, 0.25) is 0 Å². The van der Waals surface area contributed by atoms with Crippen LogP contribution < -0.4 is 10.1 Å². The third-order valence-electron chi connectivity index (χ3n) is 3.08. The molecule has 6 nitrogen and oxygen atoms in total. The van der Waals surface area contributed by atoms with Gasteiger partial charge in [-0.05, 0) is 25.5 Å². The lowest BCUT2D eigenvalue weighted by Gasteiger charge is -2.08. The first-order valence-electron chi connectivity index (χ1n) is 6.08. The summed E-state index contributed by atoms with van der Waals surface area (Å²) in [4.78, 5) is 28.3. The summed E-state index contributed by atoms with van der Waals surface area (Å²) < 4.78 is 5.07. The second kappa shape index (κ2) is 5.92. The first kappa shape index (κ1) is 15.0. The van der Waals surface area contributed by atoms with E-state index in [0.717, 1.165) is 4.88 Å². The molecule has 2 rings (SSSR count). The van der Waals surface area contributed by atoms with Crippen LogP contribution in [0.3, 0.4) is 0 Å². The van der Waals surface area contributed by atoms with Gasteiger partial charge in [-0.25, -0.2) is 4.79 Å². The van der Waals surface area contributed by atoms with Crippen molar-refractivity contribution in [3.8, 4) is 5.75 Å². The van der Waals surface area contributed by atoms with Crippen molar-refractivity contribution in [2.45, 2.75) is 13.8 Å². The average molecular weight is 306 g/mol. The van der Waals surface area contributed by atoms with Crippen molar-refractivity contribution in [1.29, 1.82) is 0 Å². The molecule has 0 unspecified atom stereocenters. The fraction of sp³-hybridized carbons (Fsp3) is 0.214. The Morgan fingerprint density at radius 3 is 2.71 bits per heavy atom. The van der Waals surface area contributed by atoms with Gasteiger partial charge in [0.1, 0.15) is 10.8 Å². The van der Waals surface area contributed by atoms with Crippen LogP contribution in [0.4, 0.5) is 5.00 Å². The number of nitrogens with one attached hydrogen (secondary N) is 1. The van der Waals surface area contributed by atoms with Crippen molar-refractivity contribution in [2.24, 2.45) is 0 Å². The van der Waals surface area contributed by atoms with E-state index in [9.17, 15) is 14.7 Å². The third kappa shape index (κ3) is 2.87. The van der Waals surface area contributed by atoms with E-state index in [0.29, 0.717) is 21.9 Å². The molecule has 0 bridgehead atoms. The lowest BCUT2D eigenvalue weighted by atomic mass is 10.1. The highest BCUT2D eigenvalue weighted by molar-refractivity contribution is 7.16. The van der Waals surface area contributed by atoms with Gasteiger partial charge in [0.25, 0.3) is 5.91 Å². The van der Waals surface area contributed by atoms with Gasteiger partial charge in [-0.1, -0.05) is 0 Å². The molecule has 2 heterocycles. The van der Waals surface area contributed by atoms with E-state index in [1.807, 2.05) is 6.92 Å². The molecule has 0 fully saturated rings. The van der Waals surface area contributed by atoms with Crippen LogP contribution in [0.15, 0.2) is 18.5 Å². The number of ether oxygens (including phenoxy) is 1. The number of carboxylic acid groups (broad SMARTS) is 1. The molecule has 0 spiro atoms. The van der Waals surface area contributed by atoms with Gasteiger partial charge < -0.3 is 15.2 Å². The van der Waals surface area contributed by atoms with Gasteiger partial charge in [0, 0.05) is 11.1 Å². The lowest BCUT2D eigenvalue weighted by molar-refractivity contribution is 0.0697. The highest BCUT2D eigenvalue weighted by Crippen LogP contribution is 2.33. The number of aromatic nitrogens is 1. The molecule has 0 saturated heterocycles. The topological polar surface area (TPSA) is 88.5 Å². The number of carboxylic acids is 1. The fourth-order valence-corrected chi connectivity index (χ4v) is 2.92. The summed E-state index contributed by atoms with van der Waals surface area (Å²) in [5.74, 6) is -1.16. The molecule has 0 aromatic carbocycles. The molecule has 1 amide bonds. The van der Waals surface area contributed by atoms with Crippen LogP contribution in [0.2, 0.25) is 0 Å². The Morgan fingerprint density at radius 2 is 2.10 bits per heavy atom.